The monoisotopic (exact) mass is 286 g/mol. The highest BCUT2D eigenvalue weighted by Crippen LogP contribution is 2.09. The highest BCUT2D eigenvalue weighted by atomic mass is 79.9. The lowest BCUT2D eigenvalue weighted by Crippen LogP contribution is -2.24. The van der Waals surface area contributed by atoms with Crippen molar-refractivity contribution in [1.82, 2.24) is 0 Å². The van der Waals surface area contributed by atoms with Gasteiger partial charge in [-0.1, -0.05) is 41.1 Å². The molecule has 0 saturated heterocycles. The Morgan fingerprint density at radius 2 is 2.31 bits per heavy atom. The van der Waals surface area contributed by atoms with E-state index in [0.29, 0.717) is 17.5 Å². The number of aliphatic hydroxyl groups is 1. The molecule has 0 fully saturated rings. The van der Waals surface area contributed by atoms with Gasteiger partial charge in [-0.05, 0) is 18.1 Å². The van der Waals surface area contributed by atoms with Crippen LogP contribution in [0.4, 0.5) is 0 Å². The lowest BCUT2D eigenvalue weighted by molar-refractivity contribution is -0.0663. The van der Waals surface area contributed by atoms with E-state index in [4.69, 9.17) is 4.74 Å². The van der Waals surface area contributed by atoms with E-state index in [2.05, 4.69) is 15.9 Å². The van der Waals surface area contributed by atoms with Crippen LogP contribution in [0, 0.1) is 0 Å². The zero-order chi connectivity index (χ0) is 12.0. The molecule has 88 valence electrons. The van der Waals surface area contributed by atoms with Crippen LogP contribution in [0.25, 0.3) is 0 Å². The largest absolute Gasteiger partial charge is 0.362 e. The second-order valence-corrected chi connectivity index (χ2v) is 4.12. The number of hydrogen-bond donors (Lipinski definition) is 1. The quantitative estimate of drug-likeness (QED) is 0.495. The molecule has 0 aliphatic heterocycles. The first-order valence-electron chi connectivity index (χ1n) is 5.17. The molecule has 3 nitrogen and oxygen atoms in total. The van der Waals surface area contributed by atoms with Crippen molar-refractivity contribution in [2.45, 2.75) is 19.6 Å². The lowest BCUT2D eigenvalue weighted by atomic mass is 10.1. The standard InChI is InChI=1S/C12H15BrO3/c1-2-9-4-3-5-10(8-9)11(14)12(15)16-7-6-13/h3-5,8,12,15H,2,6-7H2,1H3. The molecule has 0 heterocycles. The third-order valence-corrected chi connectivity index (χ3v) is 2.52. The number of carbonyl (C=O) groups excluding carboxylic acids is 1. The van der Waals surface area contributed by atoms with Gasteiger partial charge in [-0.2, -0.15) is 0 Å². The summed E-state index contributed by atoms with van der Waals surface area (Å²) in [6.07, 6.45) is -0.510. The molecule has 1 N–H and O–H groups in total. The second kappa shape index (κ2) is 6.78. The number of aliphatic hydroxyl groups excluding tert-OH is 1. The van der Waals surface area contributed by atoms with E-state index in [0.717, 1.165) is 12.0 Å². The predicted octanol–water partition coefficient (Wildman–Crippen LogP) is 2.16. The number of alkyl halides is 1. The van der Waals surface area contributed by atoms with Crippen LogP contribution in [0.1, 0.15) is 22.8 Å². The number of rotatable bonds is 6. The highest BCUT2D eigenvalue weighted by molar-refractivity contribution is 9.09. The van der Waals surface area contributed by atoms with Crippen LogP contribution in [0.3, 0.4) is 0 Å². The molecular weight excluding hydrogens is 272 g/mol. The van der Waals surface area contributed by atoms with Crippen LogP contribution in [-0.2, 0) is 11.2 Å². The first-order chi connectivity index (χ1) is 7.69. The molecule has 4 heteroatoms. The van der Waals surface area contributed by atoms with Crippen LogP contribution in [0.5, 0.6) is 0 Å². The van der Waals surface area contributed by atoms with Gasteiger partial charge in [0.1, 0.15) is 0 Å². The second-order valence-electron chi connectivity index (χ2n) is 3.33. The van der Waals surface area contributed by atoms with Crippen molar-refractivity contribution in [2.24, 2.45) is 0 Å². The Balaban J connectivity index is 2.71. The Morgan fingerprint density at radius 3 is 2.94 bits per heavy atom. The van der Waals surface area contributed by atoms with E-state index >= 15 is 0 Å². The SMILES string of the molecule is CCc1cccc(C(=O)C(O)OCCBr)c1. The average molecular weight is 287 g/mol. The molecule has 1 unspecified atom stereocenters. The van der Waals surface area contributed by atoms with Gasteiger partial charge < -0.3 is 9.84 Å². The van der Waals surface area contributed by atoms with Crippen LogP contribution in [0.2, 0.25) is 0 Å². The van der Waals surface area contributed by atoms with Crippen LogP contribution >= 0.6 is 15.9 Å². The number of Topliss-reactive ketones (excluding diaryl/α,β-unsaturated/α-hetero) is 1. The van der Waals surface area contributed by atoms with Crippen molar-refractivity contribution in [3.63, 3.8) is 0 Å². The molecule has 0 aliphatic rings. The highest BCUT2D eigenvalue weighted by Gasteiger charge is 2.17. The van der Waals surface area contributed by atoms with E-state index < -0.39 is 12.1 Å². The maximum Gasteiger partial charge on any atom is 0.220 e. The van der Waals surface area contributed by atoms with E-state index in [9.17, 15) is 9.90 Å². The molecule has 0 radical (unpaired) electrons. The fourth-order valence-electron chi connectivity index (χ4n) is 1.32. The number of ketones is 1. The molecule has 0 saturated carbocycles. The normalized spacial score (nSPS) is 12.4. The van der Waals surface area contributed by atoms with Gasteiger partial charge in [-0.15, -0.1) is 0 Å². The van der Waals surface area contributed by atoms with Crippen molar-refractivity contribution in [1.29, 1.82) is 0 Å². The molecule has 0 bridgehead atoms. The van der Waals surface area contributed by atoms with E-state index in [1.54, 1.807) is 12.1 Å². The predicted molar refractivity (Wildman–Crippen MR) is 65.9 cm³/mol. The van der Waals surface area contributed by atoms with Gasteiger partial charge in [-0.25, -0.2) is 0 Å². The maximum atomic E-state index is 11.7. The summed E-state index contributed by atoms with van der Waals surface area (Å²) in [5.41, 5.74) is 1.56. The summed E-state index contributed by atoms with van der Waals surface area (Å²) in [5.74, 6) is -0.392. The maximum absolute atomic E-state index is 11.7. The van der Waals surface area contributed by atoms with Crippen molar-refractivity contribution >= 4 is 21.7 Å². The van der Waals surface area contributed by atoms with Crippen LogP contribution in [0.15, 0.2) is 24.3 Å². The molecular formula is C12H15BrO3. The minimum absolute atomic E-state index is 0.306. The number of carbonyl (C=O) groups is 1. The van der Waals surface area contributed by atoms with E-state index in [-0.39, 0.29) is 0 Å². The molecule has 0 spiro atoms. The number of halogens is 1. The summed E-state index contributed by atoms with van der Waals surface area (Å²) in [7, 11) is 0. The van der Waals surface area contributed by atoms with Gasteiger partial charge in [0, 0.05) is 10.9 Å². The zero-order valence-electron chi connectivity index (χ0n) is 9.15. The number of ether oxygens (including phenoxy) is 1. The fraction of sp³-hybridized carbons (Fsp3) is 0.417. The molecule has 1 aromatic rings. The fourth-order valence-corrected chi connectivity index (χ4v) is 1.51. The topological polar surface area (TPSA) is 46.5 Å². The van der Waals surface area contributed by atoms with Gasteiger partial charge in [0.2, 0.25) is 12.1 Å². The van der Waals surface area contributed by atoms with Crippen molar-refractivity contribution < 1.29 is 14.6 Å². The van der Waals surface area contributed by atoms with Crippen LogP contribution in [-0.4, -0.2) is 29.1 Å². The molecule has 1 atom stereocenters. The summed E-state index contributed by atoms with van der Waals surface area (Å²) >= 11 is 3.16. The lowest BCUT2D eigenvalue weighted by Gasteiger charge is -2.10. The third kappa shape index (κ3) is 3.70. The van der Waals surface area contributed by atoms with Gasteiger partial charge in [0.05, 0.1) is 6.61 Å². The molecule has 16 heavy (non-hydrogen) atoms. The van der Waals surface area contributed by atoms with Gasteiger partial charge in [0.25, 0.3) is 0 Å². The van der Waals surface area contributed by atoms with Gasteiger partial charge >= 0.3 is 0 Å². The summed E-state index contributed by atoms with van der Waals surface area (Å²) in [6, 6.07) is 7.22. The Labute approximate surface area is 104 Å². The molecule has 1 aromatic carbocycles. The van der Waals surface area contributed by atoms with Crippen molar-refractivity contribution in [2.75, 3.05) is 11.9 Å². The first-order valence-corrected chi connectivity index (χ1v) is 6.30. The van der Waals surface area contributed by atoms with Crippen LogP contribution < -0.4 is 0 Å². The van der Waals surface area contributed by atoms with E-state index in [1.165, 1.54) is 0 Å². The van der Waals surface area contributed by atoms with Gasteiger partial charge in [-0.3, -0.25) is 4.79 Å². The molecule has 1 rings (SSSR count). The Hall–Kier alpha value is -0.710. The van der Waals surface area contributed by atoms with Crippen molar-refractivity contribution in [3.8, 4) is 0 Å². The molecule has 0 aliphatic carbocycles. The summed E-state index contributed by atoms with van der Waals surface area (Å²) < 4.78 is 4.94. The smallest absolute Gasteiger partial charge is 0.220 e. The number of benzene rings is 1. The Kier molecular flexibility index (Phi) is 5.66. The Bertz CT molecular complexity index is 352. The minimum Gasteiger partial charge on any atom is -0.362 e. The summed E-state index contributed by atoms with van der Waals surface area (Å²) in [6.45, 7) is 2.32. The summed E-state index contributed by atoms with van der Waals surface area (Å²) in [5, 5.41) is 10.1. The number of aryl methyl sites for hydroxylation is 1. The third-order valence-electron chi connectivity index (χ3n) is 2.20. The van der Waals surface area contributed by atoms with E-state index in [1.807, 2.05) is 19.1 Å². The first kappa shape index (κ1) is 13.4. The van der Waals surface area contributed by atoms with Gasteiger partial charge in [0.15, 0.2) is 0 Å². The van der Waals surface area contributed by atoms with Crippen molar-refractivity contribution in [3.05, 3.63) is 35.4 Å². The number of hydrogen-bond acceptors (Lipinski definition) is 3. The zero-order valence-corrected chi connectivity index (χ0v) is 10.7. The Morgan fingerprint density at radius 1 is 1.56 bits per heavy atom. The average Bonchev–Trinajstić information content (AvgIpc) is 2.35. The minimum atomic E-state index is -1.37. The summed E-state index contributed by atoms with van der Waals surface area (Å²) in [4.78, 5) is 11.7. The molecule has 0 aromatic heterocycles. The molecule has 0 amide bonds.